The first-order valence-electron chi connectivity index (χ1n) is 6.63. The van der Waals surface area contributed by atoms with Gasteiger partial charge in [0.25, 0.3) is 0 Å². The number of sulfone groups is 1. The van der Waals surface area contributed by atoms with E-state index < -0.39 is 14.6 Å². The maximum absolute atomic E-state index is 11.7. The molecule has 0 aliphatic carbocycles. The minimum absolute atomic E-state index is 0.169. The fourth-order valence-corrected chi connectivity index (χ4v) is 2.23. The first-order valence-corrected chi connectivity index (χ1v) is 8.52. The topological polar surface area (TPSA) is 46.2 Å². The second-order valence-corrected chi connectivity index (χ2v) is 8.69. The normalized spacial score (nSPS) is 14.6. The van der Waals surface area contributed by atoms with Crippen molar-refractivity contribution in [2.75, 3.05) is 12.8 Å². The Balaban J connectivity index is 2.83. The van der Waals surface area contributed by atoms with Crippen molar-refractivity contribution < 1.29 is 8.42 Å². The van der Waals surface area contributed by atoms with Crippen molar-refractivity contribution in [3.63, 3.8) is 0 Å². The smallest absolute Gasteiger partial charge is 0.153 e. The molecule has 0 heterocycles. The molecule has 0 amide bonds. The summed E-state index contributed by atoms with van der Waals surface area (Å²) in [6.07, 6.45) is 1.29. The van der Waals surface area contributed by atoms with Crippen LogP contribution in [-0.4, -0.2) is 26.0 Å². The zero-order valence-electron chi connectivity index (χ0n) is 12.5. The van der Waals surface area contributed by atoms with Crippen molar-refractivity contribution in [1.82, 2.24) is 5.32 Å². The lowest BCUT2D eigenvalue weighted by Crippen LogP contribution is -2.43. The molecule has 3 nitrogen and oxygen atoms in total. The Morgan fingerprint density at radius 2 is 1.68 bits per heavy atom. The first-order chi connectivity index (χ1) is 8.65. The van der Waals surface area contributed by atoms with Gasteiger partial charge in [0.15, 0.2) is 9.84 Å². The summed E-state index contributed by atoms with van der Waals surface area (Å²) in [6, 6.07) is 10.3. The number of hydrogen-bond donors (Lipinski definition) is 1. The van der Waals surface area contributed by atoms with Gasteiger partial charge in [-0.25, -0.2) is 8.42 Å². The fourth-order valence-electron chi connectivity index (χ4n) is 1.89. The van der Waals surface area contributed by atoms with E-state index in [1.807, 2.05) is 18.2 Å². The molecule has 0 radical (unpaired) electrons. The Morgan fingerprint density at radius 1 is 1.16 bits per heavy atom. The molecule has 1 aromatic rings. The number of nitrogens with one attached hydrogen (secondary N) is 1. The van der Waals surface area contributed by atoms with Crippen molar-refractivity contribution in [2.45, 2.75) is 38.5 Å². The summed E-state index contributed by atoms with van der Waals surface area (Å²) in [5.41, 5.74) is 1.20. The zero-order valence-corrected chi connectivity index (χ0v) is 13.3. The first kappa shape index (κ1) is 16.2. The second-order valence-electron chi connectivity index (χ2n) is 6.05. The molecule has 0 bridgehead atoms. The number of benzene rings is 1. The van der Waals surface area contributed by atoms with E-state index in [4.69, 9.17) is 0 Å². The second kappa shape index (κ2) is 6.06. The lowest BCUT2D eigenvalue weighted by atomic mass is 9.95. The van der Waals surface area contributed by atoms with E-state index in [0.29, 0.717) is 12.5 Å². The highest BCUT2D eigenvalue weighted by molar-refractivity contribution is 7.92. The van der Waals surface area contributed by atoms with Gasteiger partial charge in [-0.3, -0.25) is 0 Å². The molecule has 0 aliphatic heterocycles. The van der Waals surface area contributed by atoms with Crippen LogP contribution in [0.2, 0.25) is 0 Å². The Hall–Kier alpha value is -0.870. The van der Waals surface area contributed by atoms with E-state index in [2.05, 4.69) is 31.3 Å². The molecule has 0 aromatic heterocycles. The van der Waals surface area contributed by atoms with Crippen molar-refractivity contribution >= 4 is 9.84 Å². The van der Waals surface area contributed by atoms with E-state index in [0.717, 1.165) is 0 Å². The minimum atomic E-state index is -3.07. The van der Waals surface area contributed by atoms with Crippen LogP contribution in [0.15, 0.2) is 30.3 Å². The van der Waals surface area contributed by atoms with Crippen LogP contribution in [0, 0.1) is 5.92 Å². The monoisotopic (exact) mass is 283 g/mol. The van der Waals surface area contributed by atoms with Crippen molar-refractivity contribution in [2.24, 2.45) is 5.92 Å². The molecule has 0 aliphatic rings. The summed E-state index contributed by atoms with van der Waals surface area (Å²) in [6.45, 7) is 8.25. The van der Waals surface area contributed by atoms with Gasteiger partial charge >= 0.3 is 0 Å². The van der Waals surface area contributed by atoms with Gasteiger partial charge in [-0.2, -0.15) is 0 Å². The summed E-state index contributed by atoms with van der Waals surface area (Å²) in [7, 11) is -3.07. The predicted octanol–water partition coefficient (Wildman–Crippen LogP) is 2.80. The van der Waals surface area contributed by atoms with E-state index in [-0.39, 0.29) is 6.04 Å². The summed E-state index contributed by atoms with van der Waals surface area (Å²) in [4.78, 5) is 0. The quantitative estimate of drug-likeness (QED) is 0.873. The largest absolute Gasteiger partial charge is 0.308 e. The van der Waals surface area contributed by atoms with Gasteiger partial charge in [0.2, 0.25) is 0 Å². The maximum Gasteiger partial charge on any atom is 0.153 e. The SMILES string of the molecule is CC(C)C(NCC(C)(C)S(C)(=O)=O)c1ccccc1. The molecule has 0 fully saturated rings. The van der Waals surface area contributed by atoms with Crippen LogP contribution in [0.4, 0.5) is 0 Å². The molecule has 1 rings (SSSR count). The Kier molecular flexibility index (Phi) is 5.16. The number of hydrogen-bond acceptors (Lipinski definition) is 3. The molecule has 4 heteroatoms. The lowest BCUT2D eigenvalue weighted by molar-refractivity contribution is 0.391. The van der Waals surface area contributed by atoms with E-state index in [9.17, 15) is 8.42 Å². The minimum Gasteiger partial charge on any atom is -0.308 e. The molecule has 19 heavy (non-hydrogen) atoms. The number of rotatable bonds is 6. The third kappa shape index (κ3) is 4.32. The van der Waals surface area contributed by atoms with Gasteiger partial charge in [0.05, 0.1) is 4.75 Å². The summed E-state index contributed by atoms with van der Waals surface area (Å²) in [5.74, 6) is 0.401. The van der Waals surface area contributed by atoms with Crippen LogP contribution >= 0.6 is 0 Å². The molecule has 1 atom stereocenters. The molecular formula is C15H25NO2S. The molecule has 0 saturated carbocycles. The van der Waals surface area contributed by atoms with Gasteiger partial charge < -0.3 is 5.32 Å². The maximum atomic E-state index is 11.7. The molecule has 1 aromatic carbocycles. The highest BCUT2D eigenvalue weighted by Gasteiger charge is 2.31. The highest BCUT2D eigenvalue weighted by atomic mass is 32.2. The standard InChI is InChI=1S/C15H25NO2S/c1-12(2)14(13-9-7-6-8-10-13)16-11-15(3,4)19(5,17)18/h6-10,12,14,16H,11H2,1-5H3. The molecule has 0 spiro atoms. The van der Waals surface area contributed by atoms with Gasteiger partial charge in [-0.05, 0) is 25.3 Å². The summed E-state index contributed by atoms with van der Waals surface area (Å²) in [5, 5.41) is 3.40. The van der Waals surface area contributed by atoms with Crippen LogP contribution < -0.4 is 5.32 Å². The van der Waals surface area contributed by atoms with Crippen molar-refractivity contribution in [3.05, 3.63) is 35.9 Å². The average Bonchev–Trinajstić information content (AvgIpc) is 2.28. The highest BCUT2D eigenvalue weighted by Crippen LogP contribution is 2.23. The molecule has 108 valence electrons. The van der Waals surface area contributed by atoms with Gasteiger partial charge in [-0.1, -0.05) is 44.2 Å². The molecular weight excluding hydrogens is 258 g/mol. The van der Waals surface area contributed by atoms with E-state index >= 15 is 0 Å². The Labute approximate surface area is 117 Å². The molecule has 1 N–H and O–H groups in total. The molecule has 1 unspecified atom stereocenters. The van der Waals surface area contributed by atoms with Crippen molar-refractivity contribution in [1.29, 1.82) is 0 Å². The fraction of sp³-hybridized carbons (Fsp3) is 0.600. The zero-order chi connectivity index (χ0) is 14.7. The van der Waals surface area contributed by atoms with Crippen LogP contribution in [0.1, 0.15) is 39.3 Å². The lowest BCUT2D eigenvalue weighted by Gasteiger charge is -2.29. The van der Waals surface area contributed by atoms with Crippen molar-refractivity contribution in [3.8, 4) is 0 Å². The van der Waals surface area contributed by atoms with E-state index in [1.165, 1.54) is 11.8 Å². The van der Waals surface area contributed by atoms with Gasteiger partial charge in [0, 0.05) is 18.8 Å². The summed E-state index contributed by atoms with van der Waals surface area (Å²) >= 11 is 0. The van der Waals surface area contributed by atoms with Gasteiger partial charge in [0.1, 0.15) is 0 Å². The van der Waals surface area contributed by atoms with Crippen LogP contribution in [0.5, 0.6) is 0 Å². The summed E-state index contributed by atoms with van der Waals surface area (Å²) < 4.78 is 22.7. The average molecular weight is 283 g/mol. The Bertz CT molecular complexity index is 492. The van der Waals surface area contributed by atoms with Crippen LogP contribution in [0.3, 0.4) is 0 Å². The van der Waals surface area contributed by atoms with Crippen LogP contribution in [0.25, 0.3) is 0 Å². The third-order valence-corrected chi connectivity index (χ3v) is 5.73. The third-order valence-electron chi connectivity index (χ3n) is 3.58. The Morgan fingerprint density at radius 3 is 2.11 bits per heavy atom. The van der Waals surface area contributed by atoms with Crippen LogP contribution in [-0.2, 0) is 9.84 Å². The molecule has 0 saturated heterocycles. The predicted molar refractivity (Wildman–Crippen MR) is 80.9 cm³/mol. The van der Waals surface area contributed by atoms with E-state index in [1.54, 1.807) is 13.8 Å². The van der Waals surface area contributed by atoms with Gasteiger partial charge in [-0.15, -0.1) is 0 Å².